The molecule has 3 rings (SSSR count). The van der Waals surface area contributed by atoms with Gasteiger partial charge in [-0.3, -0.25) is 13.7 Å². The first-order chi connectivity index (χ1) is 14.0. The van der Waals surface area contributed by atoms with E-state index in [2.05, 4.69) is 0 Å². The summed E-state index contributed by atoms with van der Waals surface area (Å²) in [5, 5.41) is 0.558. The molecule has 0 spiro atoms. The molecule has 8 heteroatoms. The van der Waals surface area contributed by atoms with E-state index in [-0.39, 0.29) is 5.56 Å². The fourth-order valence-electron chi connectivity index (χ4n) is 3.72. The van der Waals surface area contributed by atoms with Crippen molar-refractivity contribution in [2.45, 2.75) is 26.8 Å². The highest BCUT2D eigenvalue weighted by Crippen LogP contribution is 2.27. The molecule has 0 bridgehead atoms. The number of rotatable bonds is 5. The van der Waals surface area contributed by atoms with Crippen LogP contribution in [0, 0.1) is 13.8 Å². The molecular formula is C22H24N2O5S. The van der Waals surface area contributed by atoms with E-state index in [1.807, 2.05) is 19.9 Å². The number of nitrogens with zero attached hydrogens (tertiary/aromatic N) is 2. The largest absolute Gasteiger partial charge is 0.465 e. The second kappa shape index (κ2) is 7.95. The van der Waals surface area contributed by atoms with Gasteiger partial charge in [-0.2, -0.15) is 0 Å². The lowest BCUT2D eigenvalue weighted by Crippen LogP contribution is -2.44. The Morgan fingerprint density at radius 1 is 1.07 bits per heavy atom. The summed E-state index contributed by atoms with van der Waals surface area (Å²) in [6.07, 6.45) is 2.47. The quantitative estimate of drug-likeness (QED) is 0.580. The topological polar surface area (TPSA) is 85.7 Å². The highest BCUT2D eigenvalue weighted by atomic mass is 32.2. The number of benzene rings is 2. The maximum atomic E-state index is 13.4. The summed E-state index contributed by atoms with van der Waals surface area (Å²) in [4.78, 5) is 25.6. The molecule has 158 valence electrons. The molecule has 0 aliphatic heterocycles. The van der Waals surface area contributed by atoms with Crippen LogP contribution in [-0.2, 0) is 14.8 Å². The zero-order valence-electron chi connectivity index (χ0n) is 17.5. The van der Waals surface area contributed by atoms with Crippen LogP contribution >= 0.6 is 0 Å². The van der Waals surface area contributed by atoms with E-state index in [1.165, 1.54) is 24.8 Å². The summed E-state index contributed by atoms with van der Waals surface area (Å²) >= 11 is 0. The molecule has 1 aromatic heterocycles. The highest BCUT2D eigenvalue weighted by Gasteiger charge is 2.31. The van der Waals surface area contributed by atoms with E-state index in [1.54, 1.807) is 36.4 Å². The van der Waals surface area contributed by atoms with Crippen molar-refractivity contribution < 1.29 is 22.7 Å². The summed E-state index contributed by atoms with van der Waals surface area (Å²) in [7, 11) is -2.50. The smallest absolute Gasteiger partial charge is 0.340 e. The third-order valence-corrected chi connectivity index (χ3v) is 6.12. The number of carbonyl (C=O) groups is 2. The summed E-state index contributed by atoms with van der Waals surface area (Å²) in [5.41, 5.74) is 2.94. The molecule has 7 nitrogen and oxygen atoms in total. The van der Waals surface area contributed by atoms with Crippen LogP contribution in [0.25, 0.3) is 10.9 Å². The normalized spacial score (nSPS) is 12.6. The number of aryl methyl sites for hydroxylation is 2. The van der Waals surface area contributed by atoms with Gasteiger partial charge < -0.3 is 4.74 Å². The third-order valence-electron chi connectivity index (χ3n) is 4.88. The average Bonchev–Trinajstić information content (AvgIpc) is 3.04. The Balaban J connectivity index is 2.14. The molecule has 3 aromatic rings. The Labute approximate surface area is 175 Å². The minimum Gasteiger partial charge on any atom is -0.465 e. The van der Waals surface area contributed by atoms with Crippen LogP contribution in [0.1, 0.15) is 33.2 Å². The molecule has 30 heavy (non-hydrogen) atoms. The minimum atomic E-state index is -3.76. The standard InChI is InChI=1S/C22H24N2O5S/c1-14-10-15(2)12-17(11-14)24(30(5,27)28)16(3)21(25)23-13-19(22(26)29-4)18-8-6-7-9-20(18)23/h6-13,16H,1-5H3. The molecule has 0 saturated carbocycles. The number of sulfonamides is 1. The molecule has 0 fully saturated rings. The lowest BCUT2D eigenvalue weighted by atomic mass is 10.1. The molecule has 1 unspecified atom stereocenters. The monoisotopic (exact) mass is 428 g/mol. The SMILES string of the molecule is COC(=O)c1cn(C(=O)C(C)N(c2cc(C)cc(C)c2)S(C)(=O)=O)c2ccccc12. The number of carbonyl (C=O) groups excluding carboxylic acids is 2. The van der Waals surface area contributed by atoms with Crippen LogP contribution in [0.2, 0.25) is 0 Å². The van der Waals surface area contributed by atoms with Gasteiger partial charge in [0.05, 0.1) is 30.1 Å². The van der Waals surface area contributed by atoms with Crippen molar-refractivity contribution in [2.75, 3.05) is 17.7 Å². The number of fused-ring (bicyclic) bond motifs is 1. The first kappa shape index (κ1) is 21.6. The molecule has 0 aliphatic rings. The van der Waals surface area contributed by atoms with E-state index in [0.717, 1.165) is 21.7 Å². The van der Waals surface area contributed by atoms with E-state index >= 15 is 0 Å². The van der Waals surface area contributed by atoms with Crippen LogP contribution in [0.3, 0.4) is 0 Å². The van der Waals surface area contributed by atoms with Gasteiger partial charge in [0.25, 0.3) is 5.91 Å². The Hall–Kier alpha value is -3.13. The second-order valence-corrected chi connectivity index (χ2v) is 9.20. The van der Waals surface area contributed by atoms with E-state index < -0.39 is 27.9 Å². The number of esters is 1. The number of aromatic nitrogens is 1. The van der Waals surface area contributed by atoms with Gasteiger partial charge in [0.1, 0.15) is 6.04 Å². The Bertz CT molecular complexity index is 1220. The number of hydrogen-bond acceptors (Lipinski definition) is 5. The summed E-state index contributed by atoms with van der Waals surface area (Å²) in [5.74, 6) is -1.05. The fourth-order valence-corrected chi connectivity index (χ4v) is 4.87. The van der Waals surface area contributed by atoms with Gasteiger partial charge in [-0.15, -0.1) is 0 Å². The predicted molar refractivity (Wildman–Crippen MR) is 117 cm³/mol. The molecule has 0 aliphatic carbocycles. The van der Waals surface area contributed by atoms with E-state index in [4.69, 9.17) is 4.74 Å². The zero-order valence-corrected chi connectivity index (χ0v) is 18.4. The second-order valence-electron chi connectivity index (χ2n) is 7.34. The van der Waals surface area contributed by atoms with Crippen molar-refractivity contribution in [1.82, 2.24) is 4.57 Å². The van der Waals surface area contributed by atoms with Crippen LogP contribution < -0.4 is 4.31 Å². The van der Waals surface area contributed by atoms with Crippen LogP contribution in [-0.4, -0.2) is 44.3 Å². The van der Waals surface area contributed by atoms with Crippen molar-refractivity contribution in [2.24, 2.45) is 0 Å². The zero-order chi connectivity index (χ0) is 22.2. The highest BCUT2D eigenvalue weighted by molar-refractivity contribution is 7.92. The van der Waals surface area contributed by atoms with Gasteiger partial charge >= 0.3 is 5.97 Å². The molecule has 1 heterocycles. The molecule has 1 atom stereocenters. The number of methoxy groups -OCH3 is 1. The average molecular weight is 429 g/mol. The van der Waals surface area contributed by atoms with E-state index in [9.17, 15) is 18.0 Å². The number of ether oxygens (including phenoxy) is 1. The van der Waals surface area contributed by atoms with Crippen molar-refractivity contribution in [1.29, 1.82) is 0 Å². The molecular weight excluding hydrogens is 404 g/mol. The molecule has 2 aromatic carbocycles. The number of para-hydroxylation sites is 1. The van der Waals surface area contributed by atoms with Gasteiger partial charge in [-0.1, -0.05) is 24.3 Å². The van der Waals surface area contributed by atoms with Crippen molar-refractivity contribution in [3.8, 4) is 0 Å². The Kier molecular flexibility index (Phi) is 5.72. The van der Waals surface area contributed by atoms with Crippen LogP contribution in [0.15, 0.2) is 48.7 Å². The van der Waals surface area contributed by atoms with Crippen molar-refractivity contribution in [3.05, 3.63) is 65.4 Å². The molecule has 0 amide bonds. The summed E-state index contributed by atoms with van der Waals surface area (Å²) in [6, 6.07) is 11.3. The number of anilines is 1. The molecule has 0 saturated heterocycles. The van der Waals surface area contributed by atoms with Gasteiger partial charge in [0.15, 0.2) is 0 Å². The lowest BCUT2D eigenvalue weighted by Gasteiger charge is -2.29. The van der Waals surface area contributed by atoms with Crippen molar-refractivity contribution >= 4 is 38.5 Å². The third kappa shape index (κ3) is 3.95. The van der Waals surface area contributed by atoms with E-state index in [0.29, 0.717) is 16.6 Å². The van der Waals surface area contributed by atoms with Crippen LogP contribution in [0.4, 0.5) is 5.69 Å². The molecule has 0 radical (unpaired) electrons. The minimum absolute atomic E-state index is 0.242. The lowest BCUT2D eigenvalue weighted by molar-refractivity contribution is 0.0603. The first-order valence-electron chi connectivity index (χ1n) is 9.35. The van der Waals surface area contributed by atoms with Crippen LogP contribution in [0.5, 0.6) is 0 Å². The van der Waals surface area contributed by atoms with Crippen molar-refractivity contribution in [3.63, 3.8) is 0 Å². The fraction of sp³-hybridized carbons (Fsp3) is 0.273. The van der Waals surface area contributed by atoms with Gasteiger partial charge in [-0.05, 0) is 50.1 Å². The van der Waals surface area contributed by atoms with Gasteiger partial charge in [0, 0.05) is 11.6 Å². The number of hydrogen-bond donors (Lipinski definition) is 0. The predicted octanol–water partition coefficient (Wildman–Crippen LogP) is 3.54. The van der Waals surface area contributed by atoms with Gasteiger partial charge in [0.2, 0.25) is 10.0 Å². The maximum absolute atomic E-state index is 13.4. The Morgan fingerprint density at radius 2 is 1.67 bits per heavy atom. The maximum Gasteiger partial charge on any atom is 0.340 e. The summed E-state index contributed by atoms with van der Waals surface area (Å²) < 4.78 is 32.5. The first-order valence-corrected chi connectivity index (χ1v) is 11.2. The summed E-state index contributed by atoms with van der Waals surface area (Å²) in [6.45, 7) is 5.27. The Morgan fingerprint density at radius 3 is 2.23 bits per heavy atom. The van der Waals surface area contributed by atoms with Gasteiger partial charge in [-0.25, -0.2) is 13.2 Å². The molecule has 0 N–H and O–H groups in total.